The molecule has 0 bridgehead atoms. The molecule has 0 fully saturated rings. The molecule has 0 saturated carbocycles. The summed E-state index contributed by atoms with van der Waals surface area (Å²) in [5.74, 6) is -10.4. The third-order valence-electron chi connectivity index (χ3n) is 7.82. The Balaban J connectivity index is -0.0000000701. The SMILES string of the molecule is C.C=CCCCO.CCCOCOC.CCOC(=O)C(CCOCOC)C(=O)OCC.CCOC(=O)CC(=O)OCC.CCOC(=O)CCCC(=O)O.CCOCOC.COCO.COCOCCC(C(=O)O)C(=O)O.COCOO.O=C(O)CCCC(=O)O.[H-].[Na+]. The van der Waals surface area contributed by atoms with Crippen LogP contribution in [0.3, 0.4) is 0 Å². The van der Waals surface area contributed by atoms with E-state index in [1.165, 1.54) is 28.4 Å². The molecule has 91 heavy (non-hydrogen) atoms. The number of rotatable bonds is 42. The van der Waals surface area contributed by atoms with Crippen LogP contribution in [0.25, 0.3) is 0 Å². The minimum atomic E-state index is -1.41. The second-order valence-corrected chi connectivity index (χ2v) is 15.3. The maximum atomic E-state index is 11.5. The first kappa shape index (κ1) is 113. The van der Waals surface area contributed by atoms with E-state index in [1.54, 1.807) is 54.9 Å². The van der Waals surface area contributed by atoms with Gasteiger partial charge in [0.1, 0.15) is 40.4 Å². The molecule has 8 N–H and O–H groups in total. The van der Waals surface area contributed by atoms with Crippen LogP contribution >= 0.6 is 0 Å². The Bertz CT molecular complexity index is 1530. The average Bonchev–Trinajstić information content (AvgIpc) is 2.24. The number of esters is 5. The van der Waals surface area contributed by atoms with E-state index >= 15 is 0 Å². The maximum Gasteiger partial charge on any atom is 1.00 e. The summed E-state index contributed by atoms with van der Waals surface area (Å²) in [4.78, 5) is 109. The molecule has 0 atom stereocenters. The van der Waals surface area contributed by atoms with Crippen molar-refractivity contribution in [2.45, 2.75) is 133 Å². The Morgan fingerprint density at radius 2 is 0.769 bits per heavy atom. The van der Waals surface area contributed by atoms with Crippen LogP contribution in [0.5, 0.6) is 0 Å². The minimum absolute atomic E-state index is 0. The molecule has 0 aliphatic rings. The Hall–Kier alpha value is -5.12. The van der Waals surface area contributed by atoms with Gasteiger partial charge in [-0.05, 0) is 86.5 Å². The van der Waals surface area contributed by atoms with Crippen molar-refractivity contribution in [1.82, 2.24) is 0 Å². The number of carboxylic acids is 5. The first-order chi connectivity index (χ1) is 42.3. The average molecular weight is 1350 g/mol. The molecule has 0 saturated heterocycles. The van der Waals surface area contributed by atoms with Gasteiger partial charge in [-0.15, -0.1) is 6.58 Å². The van der Waals surface area contributed by atoms with Crippen molar-refractivity contribution in [3.05, 3.63) is 12.7 Å². The van der Waals surface area contributed by atoms with Crippen LogP contribution < -0.4 is 29.6 Å². The van der Waals surface area contributed by atoms with E-state index in [-0.39, 0.29) is 169 Å². The number of hydrogen-bond acceptors (Lipinski definition) is 29. The van der Waals surface area contributed by atoms with Crippen LogP contribution in [0.4, 0.5) is 0 Å². The zero-order valence-corrected chi connectivity index (χ0v) is 57.4. The summed E-state index contributed by atoms with van der Waals surface area (Å²) < 4.78 is 69.4. The summed E-state index contributed by atoms with van der Waals surface area (Å²) in [5, 5.41) is 64.4. The fourth-order valence-electron chi connectivity index (χ4n) is 4.15. The van der Waals surface area contributed by atoms with Crippen molar-refractivity contribution >= 4 is 59.7 Å². The standard InChI is InChI=1S/C11H20O6.C7H12O6.2C7H12O4.C5H8O4.C5H12O2.C5H10O.C4H10O2.C2H6O3.C2H6O2.CH4.Na.H/c1-4-16-10(12)9(11(13)17-5-2)6-7-15-8-14-3;1-12-4-13-3-2-5(6(8)9)7(10)11;1-3-10-6(8)5-7(9)11-4-2;1-2-11-7(10)5-3-4-6(8)9;6-4(7)2-1-3-5(8)9;1-3-4-7-5-6-2;1-2-3-4-5-6;1-3-6-4-5-2;1-4-2-5-3;1-4-2-3;;;/h9H,4-8H2,1-3H3;5H,2-4H2,1H3,(H,8,9)(H,10,11);3-5H2,1-2H3;2-5H2,1H3,(H,8,9);1-3H2,(H,6,7)(H,8,9);3-5H2,1-2H3;2,6H,1,3-5H2;3-4H2,1-2H3;3H,2H2,1H3;3H,2H2,1H3;1H4;;/q;;;;;;;;;;;+1;-1. The van der Waals surface area contributed by atoms with Crippen LogP contribution in [0.1, 0.15) is 134 Å². The molecule has 0 aliphatic carbocycles. The molecule has 0 aliphatic heterocycles. The molecule has 0 amide bonds. The summed E-state index contributed by atoms with van der Waals surface area (Å²) in [5.41, 5.74) is 0. The Morgan fingerprint density at radius 3 is 1.01 bits per heavy atom. The number of ether oxygens (including phenoxy) is 15. The quantitative estimate of drug-likeness (QED) is 0.00499. The zero-order chi connectivity index (χ0) is 70.7. The number of allylic oxidation sites excluding steroid dienone is 1. The third-order valence-corrected chi connectivity index (χ3v) is 7.82. The van der Waals surface area contributed by atoms with E-state index in [0.29, 0.717) is 26.6 Å². The number of carbonyl (C=O) groups excluding carboxylic acids is 5. The minimum Gasteiger partial charge on any atom is -1.00 e. The summed E-state index contributed by atoms with van der Waals surface area (Å²) in [6.07, 6.45) is 5.17. The van der Waals surface area contributed by atoms with Crippen molar-refractivity contribution in [3.8, 4) is 0 Å². The van der Waals surface area contributed by atoms with Crippen LogP contribution in [-0.4, -0.2) is 250 Å². The fraction of sp³-hybridized carbons (Fsp3) is 0.786. The molecule has 0 aromatic heterocycles. The molecule has 0 aromatic carbocycles. The van der Waals surface area contributed by atoms with Gasteiger partial charge in [0.15, 0.2) is 18.6 Å². The van der Waals surface area contributed by atoms with Gasteiger partial charge in [0.25, 0.3) is 0 Å². The predicted molar refractivity (Wildman–Crippen MR) is 321 cm³/mol. The van der Waals surface area contributed by atoms with Crippen LogP contribution in [0.2, 0.25) is 0 Å². The molecule has 34 nitrogen and oxygen atoms in total. The van der Waals surface area contributed by atoms with Gasteiger partial charge in [0, 0.05) is 88.2 Å². The maximum absolute atomic E-state index is 11.5. The van der Waals surface area contributed by atoms with Gasteiger partial charge in [-0.25, -0.2) is 10.1 Å². The molecule has 542 valence electrons. The van der Waals surface area contributed by atoms with Crippen molar-refractivity contribution in [1.29, 1.82) is 0 Å². The van der Waals surface area contributed by atoms with Crippen molar-refractivity contribution < 1.29 is 196 Å². The second-order valence-electron chi connectivity index (χ2n) is 15.3. The summed E-state index contributed by atoms with van der Waals surface area (Å²) >= 11 is 0. The number of unbranched alkanes of at least 4 members (excludes halogenated alkanes) is 1. The summed E-state index contributed by atoms with van der Waals surface area (Å²) in [7, 11) is 9.00. The van der Waals surface area contributed by atoms with Gasteiger partial charge in [0.05, 0.1) is 46.2 Å². The number of carbonyl (C=O) groups is 10. The van der Waals surface area contributed by atoms with E-state index in [4.69, 9.17) is 69.4 Å². The van der Waals surface area contributed by atoms with E-state index in [0.717, 1.165) is 32.5 Å². The number of carboxylic acid groups (broad SMARTS) is 5. The molecule has 0 aromatic rings. The van der Waals surface area contributed by atoms with Gasteiger partial charge in [-0.2, -0.15) is 0 Å². The van der Waals surface area contributed by atoms with Crippen molar-refractivity contribution in [3.63, 3.8) is 0 Å². The van der Waals surface area contributed by atoms with E-state index in [2.05, 4.69) is 61.0 Å². The van der Waals surface area contributed by atoms with E-state index < -0.39 is 65.6 Å². The number of aliphatic carboxylic acids is 5. The molecule has 0 spiro atoms. The number of aliphatic hydroxyl groups is 2. The first-order valence-electron chi connectivity index (χ1n) is 27.6. The molecule has 0 rings (SSSR count). The number of methoxy groups -OCH3 is 6. The first-order valence-corrected chi connectivity index (χ1v) is 27.6. The van der Waals surface area contributed by atoms with Crippen LogP contribution in [-0.2, 0) is 124 Å². The molecule has 35 heteroatoms. The van der Waals surface area contributed by atoms with E-state index in [1.807, 2.05) is 6.92 Å². The molecule has 0 radical (unpaired) electrons. The van der Waals surface area contributed by atoms with Crippen molar-refractivity contribution in [2.24, 2.45) is 11.8 Å². The predicted octanol–water partition coefficient (Wildman–Crippen LogP) is 2.16. The molecule has 0 unspecified atom stereocenters. The number of aliphatic hydroxyl groups excluding tert-OH is 2. The summed E-state index contributed by atoms with van der Waals surface area (Å²) in [6.45, 7) is 20.2. The zero-order valence-electron chi connectivity index (χ0n) is 56.4. The molecular formula is C56H113NaO34. The normalized spacial score (nSPS) is 9.12. The Kier molecular flexibility index (Phi) is 129. The van der Waals surface area contributed by atoms with Gasteiger partial charge in [-0.3, -0.25) is 47.9 Å². The van der Waals surface area contributed by atoms with Gasteiger partial charge in [-0.1, -0.05) is 20.4 Å². The van der Waals surface area contributed by atoms with Gasteiger partial charge < -0.3 is 108 Å². The van der Waals surface area contributed by atoms with E-state index in [9.17, 15) is 47.9 Å². The Labute approximate surface area is 560 Å². The topological polar surface area (TPSA) is 480 Å². The van der Waals surface area contributed by atoms with Crippen molar-refractivity contribution in [2.75, 3.05) is 149 Å². The fourth-order valence-corrected chi connectivity index (χ4v) is 4.15. The monoisotopic (exact) mass is 1350 g/mol. The van der Waals surface area contributed by atoms with Crippen LogP contribution in [0, 0.1) is 11.8 Å². The summed E-state index contributed by atoms with van der Waals surface area (Å²) in [6, 6.07) is 0. The number of hydrogen-bond donors (Lipinski definition) is 8. The Morgan fingerprint density at radius 1 is 0.440 bits per heavy atom. The molecular weight excluding hydrogens is 1240 g/mol. The van der Waals surface area contributed by atoms with Crippen LogP contribution in [0.15, 0.2) is 12.7 Å². The molecule has 0 heterocycles. The smallest absolute Gasteiger partial charge is 1.00 e. The van der Waals surface area contributed by atoms with Gasteiger partial charge >= 0.3 is 89.3 Å². The largest absolute Gasteiger partial charge is 1.00 e. The third kappa shape index (κ3) is 130. The van der Waals surface area contributed by atoms with Gasteiger partial charge in [0.2, 0.25) is 0 Å². The second kappa shape index (κ2) is 104.